The SMILES string of the molecule is CNc1cc(C)c(C)s1. The first kappa shape index (κ1) is 6.62. The van der Waals surface area contributed by atoms with E-state index in [1.54, 1.807) is 11.3 Å². The van der Waals surface area contributed by atoms with Gasteiger partial charge in [0, 0.05) is 11.9 Å². The first-order chi connectivity index (χ1) is 4.24. The summed E-state index contributed by atoms with van der Waals surface area (Å²) >= 11 is 1.80. The van der Waals surface area contributed by atoms with Gasteiger partial charge in [-0.1, -0.05) is 0 Å². The van der Waals surface area contributed by atoms with Gasteiger partial charge in [0.05, 0.1) is 5.00 Å². The van der Waals surface area contributed by atoms with Gasteiger partial charge in [-0.15, -0.1) is 11.3 Å². The molecule has 0 saturated carbocycles. The summed E-state index contributed by atoms with van der Waals surface area (Å²) in [5, 5.41) is 4.36. The Balaban J connectivity index is 2.98. The number of hydrogen-bond donors (Lipinski definition) is 1. The second-order valence-corrected chi connectivity index (χ2v) is 3.36. The van der Waals surface area contributed by atoms with E-state index in [0.29, 0.717) is 0 Å². The molecule has 1 aromatic rings. The average Bonchev–Trinajstić information content (AvgIpc) is 2.13. The third-order valence-electron chi connectivity index (χ3n) is 1.41. The molecule has 0 bridgehead atoms. The van der Waals surface area contributed by atoms with Gasteiger partial charge in [-0.05, 0) is 25.5 Å². The third kappa shape index (κ3) is 1.24. The van der Waals surface area contributed by atoms with Gasteiger partial charge in [0.1, 0.15) is 0 Å². The summed E-state index contributed by atoms with van der Waals surface area (Å²) in [6.45, 7) is 4.27. The fourth-order valence-electron chi connectivity index (χ4n) is 0.696. The van der Waals surface area contributed by atoms with Crippen molar-refractivity contribution >= 4 is 16.3 Å². The van der Waals surface area contributed by atoms with Gasteiger partial charge in [0.25, 0.3) is 0 Å². The minimum Gasteiger partial charge on any atom is -0.380 e. The van der Waals surface area contributed by atoms with Crippen molar-refractivity contribution in [2.24, 2.45) is 0 Å². The molecule has 0 amide bonds. The van der Waals surface area contributed by atoms with E-state index in [1.165, 1.54) is 15.4 Å². The summed E-state index contributed by atoms with van der Waals surface area (Å²) in [4.78, 5) is 1.40. The number of aryl methyl sites for hydroxylation is 2. The van der Waals surface area contributed by atoms with E-state index in [1.807, 2.05) is 7.05 Å². The summed E-state index contributed by atoms with van der Waals surface area (Å²) in [5.41, 5.74) is 1.38. The van der Waals surface area contributed by atoms with Crippen LogP contribution in [-0.4, -0.2) is 7.05 Å². The van der Waals surface area contributed by atoms with Gasteiger partial charge < -0.3 is 5.32 Å². The molecular weight excluding hydrogens is 130 g/mol. The Morgan fingerprint density at radius 3 is 2.33 bits per heavy atom. The van der Waals surface area contributed by atoms with Crippen LogP contribution in [-0.2, 0) is 0 Å². The van der Waals surface area contributed by atoms with E-state index in [0.717, 1.165) is 0 Å². The minimum absolute atomic E-state index is 1.25. The standard InChI is InChI=1S/C7H11NS/c1-5-4-7(8-3)9-6(5)2/h4,8H,1-3H3. The lowest BCUT2D eigenvalue weighted by Gasteiger charge is -1.87. The van der Waals surface area contributed by atoms with Crippen LogP contribution in [0, 0.1) is 13.8 Å². The molecule has 0 spiro atoms. The molecule has 0 aliphatic carbocycles. The summed E-state index contributed by atoms with van der Waals surface area (Å²) in [6.07, 6.45) is 0. The topological polar surface area (TPSA) is 12.0 Å². The lowest BCUT2D eigenvalue weighted by molar-refractivity contribution is 1.44. The van der Waals surface area contributed by atoms with Crippen molar-refractivity contribution in [2.75, 3.05) is 12.4 Å². The van der Waals surface area contributed by atoms with Crippen LogP contribution in [0.15, 0.2) is 6.07 Å². The molecule has 0 fully saturated rings. The molecule has 1 aromatic heterocycles. The monoisotopic (exact) mass is 141 g/mol. The molecule has 1 rings (SSSR count). The van der Waals surface area contributed by atoms with E-state index in [-0.39, 0.29) is 0 Å². The normalized spacial score (nSPS) is 9.67. The summed E-state index contributed by atoms with van der Waals surface area (Å²) in [7, 11) is 1.95. The Bertz CT molecular complexity index is 183. The van der Waals surface area contributed by atoms with Crippen molar-refractivity contribution in [3.8, 4) is 0 Å². The van der Waals surface area contributed by atoms with Gasteiger partial charge >= 0.3 is 0 Å². The molecule has 0 saturated heterocycles. The molecule has 0 aromatic carbocycles. The van der Waals surface area contributed by atoms with Crippen molar-refractivity contribution in [2.45, 2.75) is 13.8 Å². The number of rotatable bonds is 1. The average molecular weight is 141 g/mol. The predicted octanol–water partition coefficient (Wildman–Crippen LogP) is 2.41. The lowest BCUT2D eigenvalue weighted by Crippen LogP contribution is -1.80. The maximum absolute atomic E-state index is 3.11. The summed E-state index contributed by atoms with van der Waals surface area (Å²) in [5.74, 6) is 0. The molecule has 9 heavy (non-hydrogen) atoms. The largest absolute Gasteiger partial charge is 0.380 e. The molecular formula is C7H11NS. The van der Waals surface area contributed by atoms with Gasteiger partial charge in [0.2, 0.25) is 0 Å². The van der Waals surface area contributed by atoms with Crippen molar-refractivity contribution in [1.82, 2.24) is 0 Å². The van der Waals surface area contributed by atoms with Crippen LogP contribution in [0.3, 0.4) is 0 Å². The Kier molecular flexibility index (Phi) is 1.76. The zero-order chi connectivity index (χ0) is 6.85. The first-order valence-corrected chi connectivity index (χ1v) is 3.80. The van der Waals surface area contributed by atoms with Gasteiger partial charge in [-0.2, -0.15) is 0 Å². The Labute approximate surface area is 59.7 Å². The van der Waals surface area contributed by atoms with E-state index in [2.05, 4.69) is 25.2 Å². The minimum atomic E-state index is 1.25. The van der Waals surface area contributed by atoms with E-state index in [4.69, 9.17) is 0 Å². The van der Waals surface area contributed by atoms with Gasteiger partial charge in [-0.3, -0.25) is 0 Å². The van der Waals surface area contributed by atoms with E-state index >= 15 is 0 Å². The smallest absolute Gasteiger partial charge is 0.0885 e. The molecule has 2 heteroatoms. The van der Waals surface area contributed by atoms with Crippen LogP contribution >= 0.6 is 11.3 Å². The predicted molar refractivity (Wildman–Crippen MR) is 43.3 cm³/mol. The fraction of sp³-hybridized carbons (Fsp3) is 0.429. The second-order valence-electron chi connectivity index (χ2n) is 2.10. The van der Waals surface area contributed by atoms with Crippen LogP contribution < -0.4 is 5.32 Å². The van der Waals surface area contributed by atoms with Crippen molar-refractivity contribution < 1.29 is 0 Å². The Morgan fingerprint density at radius 1 is 1.44 bits per heavy atom. The molecule has 1 nitrogen and oxygen atoms in total. The highest BCUT2D eigenvalue weighted by Crippen LogP contribution is 2.24. The number of hydrogen-bond acceptors (Lipinski definition) is 2. The number of nitrogens with one attached hydrogen (secondary N) is 1. The van der Waals surface area contributed by atoms with E-state index < -0.39 is 0 Å². The second kappa shape index (κ2) is 2.40. The zero-order valence-corrected chi connectivity index (χ0v) is 6.80. The van der Waals surface area contributed by atoms with Crippen molar-refractivity contribution in [3.05, 3.63) is 16.5 Å². The highest BCUT2D eigenvalue weighted by Gasteiger charge is 1.96. The van der Waals surface area contributed by atoms with Crippen LogP contribution in [0.2, 0.25) is 0 Å². The van der Waals surface area contributed by atoms with Gasteiger partial charge in [-0.25, -0.2) is 0 Å². The molecule has 0 radical (unpaired) electrons. The zero-order valence-electron chi connectivity index (χ0n) is 5.99. The van der Waals surface area contributed by atoms with Crippen LogP contribution in [0.1, 0.15) is 10.4 Å². The summed E-state index contributed by atoms with van der Waals surface area (Å²) < 4.78 is 0. The molecule has 1 N–H and O–H groups in total. The highest BCUT2D eigenvalue weighted by molar-refractivity contribution is 7.16. The van der Waals surface area contributed by atoms with Crippen LogP contribution in [0.5, 0.6) is 0 Å². The third-order valence-corrected chi connectivity index (χ3v) is 2.58. The van der Waals surface area contributed by atoms with Crippen LogP contribution in [0.4, 0.5) is 5.00 Å². The number of anilines is 1. The highest BCUT2D eigenvalue weighted by atomic mass is 32.1. The fourth-order valence-corrected chi connectivity index (χ4v) is 1.58. The molecule has 50 valence electrons. The molecule has 0 atom stereocenters. The van der Waals surface area contributed by atoms with Gasteiger partial charge in [0.15, 0.2) is 0 Å². The van der Waals surface area contributed by atoms with E-state index in [9.17, 15) is 0 Å². The van der Waals surface area contributed by atoms with Crippen molar-refractivity contribution in [1.29, 1.82) is 0 Å². The summed E-state index contributed by atoms with van der Waals surface area (Å²) in [6, 6.07) is 2.17. The molecule has 1 heterocycles. The van der Waals surface area contributed by atoms with Crippen LogP contribution in [0.25, 0.3) is 0 Å². The first-order valence-electron chi connectivity index (χ1n) is 2.99. The quantitative estimate of drug-likeness (QED) is 0.633. The maximum Gasteiger partial charge on any atom is 0.0885 e. The molecule has 0 aliphatic rings. The Hall–Kier alpha value is -0.500. The molecule has 0 aliphatic heterocycles. The number of thiophene rings is 1. The Morgan fingerprint density at radius 2 is 2.11 bits per heavy atom. The lowest BCUT2D eigenvalue weighted by atomic mass is 10.3. The maximum atomic E-state index is 3.11. The van der Waals surface area contributed by atoms with Crippen molar-refractivity contribution in [3.63, 3.8) is 0 Å². The molecule has 0 unspecified atom stereocenters.